The number of benzene rings is 2. The van der Waals surface area contributed by atoms with Crippen molar-refractivity contribution in [2.24, 2.45) is 0 Å². The van der Waals surface area contributed by atoms with E-state index in [0.717, 1.165) is 44.8 Å². The van der Waals surface area contributed by atoms with Gasteiger partial charge in [0, 0.05) is 29.4 Å². The summed E-state index contributed by atoms with van der Waals surface area (Å²) in [6.07, 6.45) is 0.374. The Morgan fingerprint density at radius 1 is 0.957 bits per heavy atom. The van der Waals surface area contributed by atoms with Gasteiger partial charge in [0.05, 0.1) is 19.3 Å². The van der Waals surface area contributed by atoms with Crippen molar-refractivity contribution in [2.75, 3.05) is 32.8 Å². The molecule has 0 aliphatic carbocycles. The first-order valence-corrected chi connectivity index (χ1v) is 8.94. The van der Waals surface area contributed by atoms with Crippen LogP contribution in [0.1, 0.15) is 18.1 Å². The zero-order valence-electron chi connectivity index (χ0n) is 13.2. The van der Waals surface area contributed by atoms with E-state index in [9.17, 15) is 5.11 Å². The van der Waals surface area contributed by atoms with Gasteiger partial charge in [0.25, 0.3) is 0 Å². The van der Waals surface area contributed by atoms with E-state index >= 15 is 0 Å². The van der Waals surface area contributed by atoms with E-state index in [1.165, 1.54) is 9.79 Å². The molecule has 1 N–H and O–H groups in total. The molecule has 0 aromatic heterocycles. The number of hydrogen-bond donors (Lipinski definition) is 1. The Labute approximate surface area is 142 Å². The molecule has 2 aromatic carbocycles. The van der Waals surface area contributed by atoms with Gasteiger partial charge in [-0.25, -0.2) is 0 Å². The zero-order chi connectivity index (χ0) is 15.9. The molecule has 2 aromatic rings. The third kappa shape index (κ3) is 5.08. The second-order valence-corrected chi connectivity index (χ2v) is 6.89. The Morgan fingerprint density at radius 3 is 2.30 bits per heavy atom. The average molecular weight is 329 g/mol. The van der Waals surface area contributed by atoms with Crippen LogP contribution in [0.2, 0.25) is 0 Å². The van der Waals surface area contributed by atoms with Crippen LogP contribution in [0.25, 0.3) is 0 Å². The lowest BCUT2D eigenvalue weighted by molar-refractivity contribution is 0.0300. The van der Waals surface area contributed by atoms with Gasteiger partial charge < -0.3 is 9.84 Å². The van der Waals surface area contributed by atoms with Crippen LogP contribution < -0.4 is 0 Å². The van der Waals surface area contributed by atoms with E-state index in [-0.39, 0.29) is 0 Å². The van der Waals surface area contributed by atoms with E-state index in [0.29, 0.717) is 0 Å². The summed E-state index contributed by atoms with van der Waals surface area (Å²) < 4.78 is 5.35. The smallest absolute Gasteiger partial charge is 0.0802 e. The number of morpholine rings is 1. The third-order valence-corrected chi connectivity index (χ3v) is 5.08. The monoisotopic (exact) mass is 329 g/mol. The summed E-state index contributed by atoms with van der Waals surface area (Å²) in [4.78, 5) is 4.78. The van der Waals surface area contributed by atoms with Gasteiger partial charge >= 0.3 is 0 Å². The molecule has 0 saturated carbocycles. The zero-order valence-corrected chi connectivity index (χ0v) is 14.0. The van der Waals surface area contributed by atoms with E-state index < -0.39 is 6.10 Å². The first-order valence-electron chi connectivity index (χ1n) is 8.12. The molecule has 0 bridgehead atoms. The fourth-order valence-electron chi connectivity index (χ4n) is 2.68. The van der Waals surface area contributed by atoms with E-state index in [1.54, 1.807) is 11.8 Å². The lowest BCUT2D eigenvalue weighted by Crippen LogP contribution is -2.37. The Hall–Kier alpha value is -1.33. The van der Waals surface area contributed by atoms with Gasteiger partial charge in [0.1, 0.15) is 0 Å². The van der Waals surface area contributed by atoms with Crippen LogP contribution in [0.5, 0.6) is 0 Å². The summed E-state index contributed by atoms with van der Waals surface area (Å²) in [5.41, 5.74) is 0.996. The Kier molecular flexibility index (Phi) is 6.11. The highest BCUT2D eigenvalue weighted by Crippen LogP contribution is 2.28. The molecular weight excluding hydrogens is 306 g/mol. The van der Waals surface area contributed by atoms with Crippen molar-refractivity contribution in [1.82, 2.24) is 4.90 Å². The van der Waals surface area contributed by atoms with Crippen molar-refractivity contribution < 1.29 is 9.84 Å². The highest BCUT2D eigenvalue weighted by atomic mass is 32.2. The Bertz CT molecular complexity index is 582. The van der Waals surface area contributed by atoms with Gasteiger partial charge in [-0.15, -0.1) is 0 Å². The van der Waals surface area contributed by atoms with Crippen molar-refractivity contribution in [3.63, 3.8) is 0 Å². The summed E-state index contributed by atoms with van der Waals surface area (Å²) in [6.45, 7) is 4.48. The van der Waals surface area contributed by atoms with Crippen molar-refractivity contribution in [1.29, 1.82) is 0 Å². The molecule has 0 radical (unpaired) electrons. The topological polar surface area (TPSA) is 32.7 Å². The van der Waals surface area contributed by atoms with Crippen LogP contribution in [0.4, 0.5) is 0 Å². The van der Waals surface area contributed by atoms with Gasteiger partial charge in [-0.3, -0.25) is 4.90 Å². The van der Waals surface area contributed by atoms with Crippen molar-refractivity contribution in [2.45, 2.75) is 22.3 Å². The van der Waals surface area contributed by atoms with Crippen molar-refractivity contribution >= 4 is 11.8 Å². The van der Waals surface area contributed by atoms with Crippen molar-refractivity contribution in [3.05, 3.63) is 60.2 Å². The fourth-order valence-corrected chi connectivity index (χ4v) is 3.52. The largest absolute Gasteiger partial charge is 0.388 e. The quantitative estimate of drug-likeness (QED) is 0.878. The minimum atomic E-state index is -0.395. The predicted molar refractivity (Wildman–Crippen MR) is 93.8 cm³/mol. The predicted octanol–water partition coefficient (Wildman–Crippen LogP) is 3.59. The Balaban J connectivity index is 1.51. The maximum atomic E-state index is 10.4. The summed E-state index contributed by atoms with van der Waals surface area (Å²) in [7, 11) is 0. The van der Waals surface area contributed by atoms with Crippen molar-refractivity contribution in [3.8, 4) is 0 Å². The standard InChI is InChI=1S/C19H23NO2S/c21-19(10-11-20-12-14-22-15-13-20)16-6-8-18(9-7-16)23-17-4-2-1-3-5-17/h1-9,19,21H,10-15H2/t19-/m1/s1. The second-order valence-electron chi connectivity index (χ2n) is 5.74. The van der Waals surface area contributed by atoms with Crippen LogP contribution in [0.3, 0.4) is 0 Å². The summed E-state index contributed by atoms with van der Waals surface area (Å²) in [6, 6.07) is 18.6. The highest BCUT2D eigenvalue weighted by molar-refractivity contribution is 7.99. The van der Waals surface area contributed by atoms with Gasteiger partial charge in [0.2, 0.25) is 0 Å². The average Bonchev–Trinajstić information content (AvgIpc) is 2.62. The van der Waals surface area contributed by atoms with E-state index in [4.69, 9.17) is 4.74 Å². The molecule has 1 fully saturated rings. The number of aliphatic hydroxyl groups excluding tert-OH is 1. The molecule has 3 rings (SSSR count). The molecule has 23 heavy (non-hydrogen) atoms. The van der Waals surface area contributed by atoms with Gasteiger partial charge in [0.15, 0.2) is 0 Å². The molecule has 0 unspecified atom stereocenters. The number of hydrogen-bond acceptors (Lipinski definition) is 4. The number of aliphatic hydroxyl groups is 1. The molecule has 1 saturated heterocycles. The Morgan fingerprint density at radius 2 is 1.61 bits per heavy atom. The molecule has 4 heteroatoms. The molecule has 0 amide bonds. The van der Waals surface area contributed by atoms with Crippen LogP contribution >= 0.6 is 11.8 Å². The SMILES string of the molecule is O[C@H](CCN1CCOCC1)c1ccc(Sc2ccccc2)cc1. The summed E-state index contributed by atoms with van der Waals surface area (Å²) in [5.74, 6) is 0. The minimum absolute atomic E-state index is 0.395. The van der Waals surface area contributed by atoms with Crippen LogP contribution in [0, 0.1) is 0 Å². The third-order valence-electron chi connectivity index (χ3n) is 4.07. The molecular formula is C19H23NO2S. The maximum Gasteiger partial charge on any atom is 0.0802 e. The molecule has 1 aliphatic heterocycles. The van der Waals surface area contributed by atoms with Crippen LogP contribution in [0.15, 0.2) is 64.4 Å². The minimum Gasteiger partial charge on any atom is -0.388 e. The fraction of sp³-hybridized carbons (Fsp3) is 0.368. The molecule has 122 valence electrons. The molecule has 1 atom stereocenters. The molecule has 3 nitrogen and oxygen atoms in total. The number of nitrogens with zero attached hydrogens (tertiary/aromatic N) is 1. The first-order chi connectivity index (χ1) is 11.3. The van der Waals surface area contributed by atoms with Crippen LogP contribution in [-0.2, 0) is 4.74 Å². The van der Waals surface area contributed by atoms with Gasteiger partial charge in [-0.1, -0.05) is 42.1 Å². The van der Waals surface area contributed by atoms with E-state index in [1.807, 2.05) is 30.3 Å². The lowest BCUT2D eigenvalue weighted by atomic mass is 10.1. The summed E-state index contributed by atoms with van der Waals surface area (Å²) >= 11 is 1.74. The number of rotatable bonds is 6. The normalized spacial score (nSPS) is 17.1. The number of ether oxygens (including phenoxy) is 1. The highest BCUT2D eigenvalue weighted by Gasteiger charge is 2.13. The van der Waals surface area contributed by atoms with Crippen LogP contribution in [-0.4, -0.2) is 42.9 Å². The second kappa shape index (κ2) is 8.50. The first kappa shape index (κ1) is 16.5. The van der Waals surface area contributed by atoms with Gasteiger partial charge in [-0.2, -0.15) is 0 Å². The van der Waals surface area contributed by atoms with Gasteiger partial charge in [-0.05, 0) is 36.2 Å². The molecule has 0 spiro atoms. The van der Waals surface area contributed by atoms with E-state index in [2.05, 4.69) is 29.2 Å². The molecule has 1 heterocycles. The maximum absolute atomic E-state index is 10.4. The summed E-state index contributed by atoms with van der Waals surface area (Å²) in [5, 5.41) is 10.4. The molecule has 1 aliphatic rings. The lowest BCUT2D eigenvalue weighted by Gasteiger charge is -2.27.